The quantitative estimate of drug-likeness (QED) is 0.0211. The Kier molecular flexibility index (Phi) is 42.7. The molecule has 3 aliphatic heterocycles. The Hall–Kier alpha value is -1.99. The largest absolute Gasteiger partial charge is 0.394 e. The Morgan fingerprint density at radius 1 is 0.434 bits per heavy atom. The number of aliphatic hydroxyl groups excluding tert-OH is 11. The predicted molar refractivity (Wildman–Crippen MR) is 319 cm³/mol. The van der Waals surface area contributed by atoms with Crippen molar-refractivity contribution < 1.29 is 89.4 Å². The zero-order chi connectivity index (χ0) is 60.5. The fourth-order valence-electron chi connectivity index (χ4n) is 11.1. The summed E-state index contributed by atoms with van der Waals surface area (Å²) >= 11 is 0. The SMILES string of the molecule is CCCCCCC/C=C\C/C=C\C/C=C\CCCCCCCCCCCCCCCCC(=O)NC(COC1OC(CO)C(OC2OC(CO)C(OC3OC(CO)C(O)C(O)C3O)C(O)C2O)C(O)C1O)C(O)CCCCCCCCCCC. The molecule has 3 aliphatic rings. The van der Waals surface area contributed by atoms with Crippen LogP contribution in [0.25, 0.3) is 0 Å². The fourth-order valence-corrected chi connectivity index (χ4v) is 11.1. The molecule has 0 spiro atoms. The van der Waals surface area contributed by atoms with Gasteiger partial charge >= 0.3 is 0 Å². The molecule has 0 bridgehead atoms. The number of carbonyl (C=O) groups is 1. The molecule has 3 heterocycles. The monoisotopic (exact) mass is 1190 g/mol. The molecule has 0 aromatic heterocycles. The van der Waals surface area contributed by atoms with Crippen molar-refractivity contribution in [2.75, 3.05) is 26.4 Å². The van der Waals surface area contributed by atoms with Crippen LogP contribution in [-0.4, -0.2) is 193 Å². The molecule has 3 saturated heterocycles. The number of aliphatic hydroxyl groups is 11. The van der Waals surface area contributed by atoms with E-state index in [1.54, 1.807) is 0 Å². The van der Waals surface area contributed by atoms with Crippen LogP contribution >= 0.6 is 0 Å². The first-order chi connectivity index (χ1) is 40.3. The second-order valence-electron chi connectivity index (χ2n) is 23.6. The highest BCUT2D eigenvalue weighted by atomic mass is 16.8. The molecule has 0 aromatic rings. The van der Waals surface area contributed by atoms with Crippen LogP contribution in [0.15, 0.2) is 36.5 Å². The van der Waals surface area contributed by atoms with Gasteiger partial charge in [-0.25, -0.2) is 0 Å². The maximum absolute atomic E-state index is 13.3. The molecule has 0 aromatic carbocycles. The molecule has 1 amide bonds. The number of hydrogen-bond donors (Lipinski definition) is 12. The van der Waals surface area contributed by atoms with E-state index in [9.17, 15) is 61.0 Å². The lowest BCUT2D eigenvalue weighted by molar-refractivity contribution is -0.379. The van der Waals surface area contributed by atoms with Gasteiger partial charge in [-0.3, -0.25) is 4.79 Å². The molecule has 3 fully saturated rings. The van der Waals surface area contributed by atoms with E-state index in [1.807, 2.05) is 0 Å². The molecule has 486 valence electrons. The predicted octanol–water partition coefficient (Wildman–Crippen LogP) is 7.27. The smallest absolute Gasteiger partial charge is 0.220 e. The second kappa shape index (κ2) is 47.1. The second-order valence-corrected chi connectivity index (χ2v) is 23.6. The average molecular weight is 1190 g/mol. The molecule has 17 unspecified atom stereocenters. The van der Waals surface area contributed by atoms with Crippen molar-refractivity contribution in [1.82, 2.24) is 5.32 Å². The fraction of sp³-hybridized carbons (Fsp3) is 0.891. The van der Waals surface area contributed by atoms with Gasteiger partial charge in [-0.05, 0) is 51.4 Å². The summed E-state index contributed by atoms with van der Waals surface area (Å²) in [7, 11) is 0. The molecule has 0 saturated carbocycles. The van der Waals surface area contributed by atoms with Crippen LogP contribution < -0.4 is 5.32 Å². The van der Waals surface area contributed by atoms with E-state index in [2.05, 4.69) is 55.6 Å². The van der Waals surface area contributed by atoms with E-state index in [0.717, 1.165) is 57.8 Å². The molecule has 83 heavy (non-hydrogen) atoms. The number of carbonyl (C=O) groups excluding carboxylic acids is 1. The highest BCUT2D eigenvalue weighted by molar-refractivity contribution is 5.76. The van der Waals surface area contributed by atoms with Gasteiger partial charge < -0.3 is 89.9 Å². The molecule has 19 heteroatoms. The minimum Gasteiger partial charge on any atom is -0.394 e. The Bertz CT molecular complexity index is 1660. The van der Waals surface area contributed by atoms with Crippen LogP contribution in [0.3, 0.4) is 0 Å². The molecule has 12 N–H and O–H groups in total. The highest BCUT2D eigenvalue weighted by Gasteiger charge is 2.53. The molecule has 0 radical (unpaired) electrons. The van der Waals surface area contributed by atoms with Gasteiger partial charge in [0, 0.05) is 6.42 Å². The van der Waals surface area contributed by atoms with Crippen molar-refractivity contribution in [1.29, 1.82) is 0 Å². The van der Waals surface area contributed by atoms with Crippen molar-refractivity contribution >= 4 is 5.91 Å². The summed E-state index contributed by atoms with van der Waals surface area (Å²) in [6.07, 6.45) is 25.4. The molecule has 17 atom stereocenters. The first kappa shape index (κ1) is 75.3. The number of nitrogens with one attached hydrogen (secondary N) is 1. The van der Waals surface area contributed by atoms with Gasteiger partial charge in [0.1, 0.15) is 73.2 Å². The highest BCUT2D eigenvalue weighted by Crippen LogP contribution is 2.33. The number of amides is 1. The van der Waals surface area contributed by atoms with Crippen molar-refractivity contribution in [3.05, 3.63) is 36.5 Å². The van der Waals surface area contributed by atoms with Crippen LogP contribution in [0.5, 0.6) is 0 Å². The van der Waals surface area contributed by atoms with Gasteiger partial charge in [0.15, 0.2) is 18.9 Å². The zero-order valence-electron chi connectivity index (χ0n) is 50.9. The summed E-state index contributed by atoms with van der Waals surface area (Å²) in [4.78, 5) is 13.3. The van der Waals surface area contributed by atoms with Crippen molar-refractivity contribution in [2.45, 2.75) is 336 Å². The molecular formula is C64H117NO18. The van der Waals surface area contributed by atoms with E-state index in [4.69, 9.17) is 28.4 Å². The zero-order valence-corrected chi connectivity index (χ0v) is 50.9. The number of ether oxygens (including phenoxy) is 6. The van der Waals surface area contributed by atoms with E-state index >= 15 is 0 Å². The van der Waals surface area contributed by atoms with Crippen LogP contribution in [0.4, 0.5) is 0 Å². The lowest BCUT2D eigenvalue weighted by Gasteiger charge is -2.48. The number of allylic oxidation sites excluding steroid dienone is 6. The van der Waals surface area contributed by atoms with Gasteiger partial charge in [-0.1, -0.05) is 211 Å². The lowest BCUT2D eigenvalue weighted by Crippen LogP contribution is -2.66. The van der Waals surface area contributed by atoms with Gasteiger partial charge in [0.05, 0.1) is 38.6 Å². The van der Waals surface area contributed by atoms with E-state index in [-0.39, 0.29) is 18.9 Å². The third-order valence-electron chi connectivity index (χ3n) is 16.5. The van der Waals surface area contributed by atoms with Gasteiger partial charge in [-0.15, -0.1) is 0 Å². The van der Waals surface area contributed by atoms with Crippen molar-refractivity contribution in [2.24, 2.45) is 0 Å². The maximum atomic E-state index is 13.3. The van der Waals surface area contributed by atoms with E-state index < -0.39 is 124 Å². The Labute approximate surface area is 498 Å². The summed E-state index contributed by atoms with van der Waals surface area (Å²) in [5.41, 5.74) is 0. The standard InChI is InChI=1S/C64H117NO18/c1-3-5-7-9-11-13-14-15-16-17-18-19-20-21-22-23-24-25-26-27-28-29-30-31-32-34-36-38-40-42-52(70)65-47(48(69)41-39-37-35-33-12-10-8-6-4-2)46-78-62-58(76)55(73)60(50(44-67)80-62)83-64-59(77)56(74)61(51(45-68)81-64)82-63-57(75)54(72)53(71)49(43-66)79-63/h14-15,17-18,20-21,47-51,53-64,66-69,71-77H,3-13,16,19,22-46H2,1-2H3,(H,65,70)/b15-14-,18-17-,21-20-. The van der Waals surface area contributed by atoms with E-state index in [0.29, 0.717) is 12.8 Å². The normalized spacial score (nSPS) is 29.6. The molecular weight excluding hydrogens is 1070 g/mol. The van der Waals surface area contributed by atoms with Crippen molar-refractivity contribution in [3.63, 3.8) is 0 Å². The summed E-state index contributed by atoms with van der Waals surface area (Å²) in [6.45, 7) is 1.75. The van der Waals surface area contributed by atoms with Crippen molar-refractivity contribution in [3.8, 4) is 0 Å². The third-order valence-corrected chi connectivity index (χ3v) is 16.5. The Balaban J connectivity index is 1.36. The number of hydrogen-bond acceptors (Lipinski definition) is 18. The molecule has 19 nitrogen and oxygen atoms in total. The number of rotatable bonds is 49. The molecule has 0 aliphatic carbocycles. The maximum Gasteiger partial charge on any atom is 0.220 e. The lowest BCUT2D eigenvalue weighted by atomic mass is 9.96. The first-order valence-electron chi connectivity index (χ1n) is 32.7. The number of unbranched alkanes of at least 4 members (excludes halogenated alkanes) is 27. The van der Waals surface area contributed by atoms with Crippen LogP contribution in [0.1, 0.15) is 232 Å². The summed E-state index contributed by atoms with van der Waals surface area (Å²) in [5.74, 6) is -0.246. The topological polar surface area (TPSA) is 307 Å². The van der Waals surface area contributed by atoms with Crippen LogP contribution in [0, 0.1) is 0 Å². The summed E-state index contributed by atoms with van der Waals surface area (Å²) < 4.78 is 34.3. The third kappa shape index (κ3) is 30.2. The Morgan fingerprint density at radius 2 is 0.795 bits per heavy atom. The van der Waals surface area contributed by atoms with E-state index in [1.165, 1.54) is 141 Å². The summed E-state index contributed by atoms with van der Waals surface area (Å²) in [6, 6.07) is -0.885. The van der Waals surface area contributed by atoms with Gasteiger partial charge in [-0.2, -0.15) is 0 Å². The minimum absolute atomic E-state index is 0.246. The van der Waals surface area contributed by atoms with Gasteiger partial charge in [0.25, 0.3) is 0 Å². The average Bonchev–Trinajstić information content (AvgIpc) is 3.25. The molecule has 3 rings (SSSR count). The summed E-state index contributed by atoms with van der Waals surface area (Å²) in [5, 5.41) is 120. The van der Waals surface area contributed by atoms with Gasteiger partial charge in [0.2, 0.25) is 5.91 Å². The first-order valence-corrected chi connectivity index (χ1v) is 32.7. The van der Waals surface area contributed by atoms with Crippen LogP contribution in [0.2, 0.25) is 0 Å². The Morgan fingerprint density at radius 3 is 1.24 bits per heavy atom. The van der Waals surface area contributed by atoms with Crippen LogP contribution in [-0.2, 0) is 33.2 Å². The minimum atomic E-state index is -1.97.